The van der Waals surface area contributed by atoms with Crippen molar-refractivity contribution in [2.75, 3.05) is 29.0 Å². The molecular weight excluding hydrogens is 561 g/mol. The number of hydrogen-bond acceptors (Lipinski definition) is 6. The van der Waals surface area contributed by atoms with Crippen LogP contribution in [0, 0.1) is 0 Å². The van der Waals surface area contributed by atoms with E-state index in [4.69, 9.17) is 16.3 Å². The lowest BCUT2D eigenvalue weighted by Crippen LogP contribution is -2.39. The molecular formula is C25H22ClF3N4O5S. The Balaban J connectivity index is 1.53. The molecule has 3 aromatic carbocycles. The summed E-state index contributed by atoms with van der Waals surface area (Å²) < 4.78 is 69.3. The Bertz CT molecular complexity index is 1470. The molecule has 3 rings (SSSR count). The van der Waals surface area contributed by atoms with Gasteiger partial charge >= 0.3 is 6.18 Å². The van der Waals surface area contributed by atoms with Gasteiger partial charge in [0.15, 0.2) is 6.61 Å². The zero-order valence-electron chi connectivity index (χ0n) is 20.3. The highest BCUT2D eigenvalue weighted by Gasteiger charge is 2.32. The highest BCUT2D eigenvalue weighted by atomic mass is 35.5. The maximum atomic E-state index is 13.0. The van der Waals surface area contributed by atoms with Crippen LogP contribution in [0.1, 0.15) is 11.1 Å². The number of sulfonamides is 1. The monoisotopic (exact) mass is 582 g/mol. The maximum absolute atomic E-state index is 13.0. The summed E-state index contributed by atoms with van der Waals surface area (Å²) in [6, 6.07) is 16.6. The predicted molar refractivity (Wildman–Crippen MR) is 141 cm³/mol. The number of carbonyl (C=O) groups is 2. The van der Waals surface area contributed by atoms with E-state index in [-0.39, 0.29) is 18.2 Å². The van der Waals surface area contributed by atoms with E-state index >= 15 is 0 Å². The molecule has 2 amide bonds. The molecule has 0 saturated heterocycles. The zero-order chi connectivity index (χ0) is 28.6. The first-order chi connectivity index (χ1) is 18.3. The highest BCUT2D eigenvalue weighted by molar-refractivity contribution is 7.92. The van der Waals surface area contributed by atoms with Gasteiger partial charge in [-0.05, 0) is 66.2 Å². The average molecular weight is 583 g/mol. The Morgan fingerprint density at radius 2 is 1.72 bits per heavy atom. The van der Waals surface area contributed by atoms with E-state index in [1.54, 1.807) is 48.5 Å². The molecule has 0 atom stereocenters. The minimum Gasteiger partial charge on any atom is -0.484 e. The van der Waals surface area contributed by atoms with Gasteiger partial charge < -0.3 is 10.1 Å². The van der Waals surface area contributed by atoms with Gasteiger partial charge in [0.25, 0.3) is 11.8 Å². The first-order valence-electron chi connectivity index (χ1n) is 11.1. The number of carbonyl (C=O) groups excluding carboxylic acids is 2. The van der Waals surface area contributed by atoms with Gasteiger partial charge in [-0.15, -0.1) is 0 Å². The standard InChI is InChI=1S/C25H22ClF3N4O5S/c1-39(36,37)33(21-7-2-4-18(12-21)25(27,28)29)15-23(34)32-30-14-17-8-10-22(11-9-17)38-16-24(35)31-20-6-3-5-19(26)13-20/h2-14H,15-16H2,1H3,(H,31,35)(H,32,34)/b30-14-. The molecule has 0 heterocycles. The fourth-order valence-electron chi connectivity index (χ4n) is 3.14. The predicted octanol–water partition coefficient (Wildman–Crippen LogP) is 4.29. The Kier molecular flexibility index (Phi) is 9.54. The third-order valence-electron chi connectivity index (χ3n) is 4.91. The van der Waals surface area contributed by atoms with E-state index in [0.29, 0.717) is 32.4 Å². The van der Waals surface area contributed by atoms with E-state index < -0.39 is 34.2 Å². The summed E-state index contributed by atoms with van der Waals surface area (Å²) in [4.78, 5) is 24.3. The normalized spacial score (nSPS) is 11.7. The fourth-order valence-corrected chi connectivity index (χ4v) is 4.18. The summed E-state index contributed by atoms with van der Waals surface area (Å²) in [5, 5.41) is 6.86. The van der Waals surface area contributed by atoms with Crippen LogP contribution in [0.5, 0.6) is 5.75 Å². The quantitative estimate of drug-likeness (QED) is 0.273. The second-order valence-electron chi connectivity index (χ2n) is 8.03. The van der Waals surface area contributed by atoms with Crippen LogP contribution >= 0.6 is 11.6 Å². The van der Waals surface area contributed by atoms with E-state index in [9.17, 15) is 31.2 Å². The van der Waals surface area contributed by atoms with Crippen LogP contribution in [0.4, 0.5) is 24.5 Å². The Morgan fingerprint density at radius 1 is 1.03 bits per heavy atom. The number of nitrogens with zero attached hydrogens (tertiary/aromatic N) is 2. The van der Waals surface area contributed by atoms with Gasteiger partial charge in [0.1, 0.15) is 12.3 Å². The zero-order valence-corrected chi connectivity index (χ0v) is 21.8. The molecule has 0 bridgehead atoms. The van der Waals surface area contributed by atoms with Crippen LogP contribution in [-0.4, -0.2) is 45.9 Å². The van der Waals surface area contributed by atoms with Gasteiger partial charge in [0.05, 0.1) is 23.7 Å². The summed E-state index contributed by atoms with van der Waals surface area (Å²) >= 11 is 5.88. The largest absolute Gasteiger partial charge is 0.484 e. The van der Waals surface area contributed by atoms with Gasteiger partial charge in [0, 0.05) is 10.7 Å². The van der Waals surface area contributed by atoms with Gasteiger partial charge in [-0.2, -0.15) is 18.3 Å². The van der Waals surface area contributed by atoms with Crippen LogP contribution in [0.2, 0.25) is 5.02 Å². The molecule has 206 valence electrons. The van der Waals surface area contributed by atoms with Gasteiger partial charge in [-0.25, -0.2) is 13.8 Å². The molecule has 0 aliphatic heterocycles. The molecule has 0 saturated carbocycles. The van der Waals surface area contributed by atoms with Crippen LogP contribution in [0.15, 0.2) is 77.9 Å². The highest BCUT2D eigenvalue weighted by Crippen LogP contribution is 2.32. The number of rotatable bonds is 10. The molecule has 0 radical (unpaired) electrons. The summed E-state index contributed by atoms with van der Waals surface area (Å²) in [7, 11) is -4.08. The topological polar surface area (TPSA) is 117 Å². The van der Waals surface area contributed by atoms with Crippen molar-refractivity contribution in [3.05, 3.63) is 88.9 Å². The lowest BCUT2D eigenvalue weighted by molar-refractivity contribution is -0.137. The fraction of sp³-hybridized carbons (Fsp3) is 0.160. The summed E-state index contributed by atoms with van der Waals surface area (Å²) in [6.45, 7) is -1.04. The Hall–Kier alpha value is -4.10. The number of hydrogen-bond donors (Lipinski definition) is 2. The third-order valence-corrected chi connectivity index (χ3v) is 6.29. The molecule has 3 aromatic rings. The summed E-state index contributed by atoms with van der Waals surface area (Å²) in [5.41, 5.74) is 1.83. The van der Waals surface area contributed by atoms with Crippen molar-refractivity contribution in [3.8, 4) is 5.75 Å². The first-order valence-corrected chi connectivity index (χ1v) is 13.3. The second kappa shape index (κ2) is 12.6. The molecule has 39 heavy (non-hydrogen) atoms. The SMILES string of the molecule is CS(=O)(=O)N(CC(=O)N/N=C\c1ccc(OCC(=O)Nc2cccc(Cl)c2)cc1)c1cccc(C(F)(F)F)c1. The molecule has 0 aromatic heterocycles. The Labute approximate surface area is 227 Å². The number of nitrogens with one attached hydrogen (secondary N) is 2. The van der Waals surface area contributed by atoms with Crippen molar-refractivity contribution in [1.29, 1.82) is 0 Å². The minimum absolute atomic E-state index is 0.251. The molecule has 0 unspecified atom stereocenters. The van der Waals surface area contributed by atoms with Crippen molar-refractivity contribution >= 4 is 51.0 Å². The van der Waals surface area contributed by atoms with Crippen LogP contribution in [-0.2, 0) is 25.8 Å². The van der Waals surface area contributed by atoms with Crippen molar-refractivity contribution in [2.24, 2.45) is 5.10 Å². The smallest absolute Gasteiger partial charge is 0.416 e. The van der Waals surface area contributed by atoms with Crippen molar-refractivity contribution in [1.82, 2.24) is 5.43 Å². The molecule has 0 aliphatic carbocycles. The Morgan fingerprint density at radius 3 is 2.36 bits per heavy atom. The van der Waals surface area contributed by atoms with Gasteiger partial charge in [-0.3, -0.25) is 13.9 Å². The van der Waals surface area contributed by atoms with Crippen LogP contribution < -0.4 is 19.8 Å². The molecule has 9 nitrogen and oxygen atoms in total. The molecule has 0 fully saturated rings. The molecule has 2 N–H and O–H groups in total. The first kappa shape index (κ1) is 29.5. The third kappa shape index (κ3) is 9.30. The average Bonchev–Trinajstić information content (AvgIpc) is 2.86. The maximum Gasteiger partial charge on any atom is 0.416 e. The number of halogens is 4. The van der Waals surface area contributed by atoms with Crippen LogP contribution in [0.3, 0.4) is 0 Å². The van der Waals surface area contributed by atoms with Crippen LogP contribution in [0.25, 0.3) is 0 Å². The molecule has 0 spiro atoms. The van der Waals surface area contributed by atoms with Crippen molar-refractivity contribution < 1.29 is 35.9 Å². The van der Waals surface area contributed by atoms with Gasteiger partial charge in [0.2, 0.25) is 10.0 Å². The second-order valence-corrected chi connectivity index (χ2v) is 10.4. The number of anilines is 2. The summed E-state index contributed by atoms with van der Waals surface area (Å²) in [5.74, 6) is -0.874. The van der Waals surface area contributed by atoms with E-state index in [2.05, 4.69) is 15.8 Å². The van der Waals surface area contributed by atoms with Crippen molar-refractivity contribution in [3.63, 3.8) is 0 Å². The van der Waals surface area contributed by atoms with E-state index in [1.165, 1.54) is 6.21 Å². The van der Waals surface area contributed by atoms with E-state index in [1.807, 2.05) is 0 Å². The number of alkyl halides is 3. The molecule has 0 aliphatic rings. The lowest BCUT2D eigenvalue weighted by Gasteiger charge is -2.22. The number of ether oxygens (including phenoxy) is 1. The lowest BCUT2D eigenvalue weighted by atomic mass is 10.2. The van der Waals surface area contributed by atoms with Gasteiger partial charge in [-0.1, -0.05) is 23.7 Å². The molecule has 14 heteroatoms. The van der Waals surface area contributed by atoms with Crippen molar-refractivity contribution in [2.45, 2.75) is 6.18 Å². The summed E-state index contributed by atoms with van der Waals surface area (Å²) in [6.07, 6.45) is -2.65. The minimum atomic E-state index is -4.68. The number of benzene rings is 3. The number of hydrazone groups is 1. The number of amides is 2. The van der Waals surface area contributed by atoms with E-state index in [0.717, 1.165) is 24.5 Å².